The van der Waals surface area contributed by atoms with Gasteiger partial charge in [-0.05, 0) is 35.9 Å². The maximum Gasteiger partial charge on any atom is 0.257 e. The van der Waals surface area contributed by atoms with Crippen LogP contribution in [0.25, 0.3) is 22.4 Å². The van der Waals surface area contributed by atoms with Gasteiger partial charge in [-0.25, -0.2) is 0 Å². The lowest BCUT2D eigenvalue weighted by molar-refractivity contribution is 0.414. The zero-order valence-electron chi connectivity index (χ0n) is 12.6. The molecule has 0 amide bonds. The summed E-state index contributed by atoms with van der Waals surface area (Å²) in [5.74, 6) is 1.98. The number of H-pyrrole nitrogens is 1. The second kappa shape index (κ2) is 5.61. The summed E-state index contributed by atoms with van der Waals surface area (Å²) in [6.45, 7) is 0. The van der Waals surface area contributed by atoms with Crippen molar-refractivity contribution >= 4 is 10.9 Å². The first kappa shape index (κ1) is 13.6. The van der Waals surface area contributed by atoms with Gasteiger partial charge in [-0.2, -0.15) is 4.98 Å². The number of rotatable bonds is 4. The number of fused-ring (bicyclic) bond motifs is 1. The second-order valence-corrected chi connectivity index (χ2v) is 5.28. The van der Waals surface area contributed by atoms with Crippen molar-refractivity contribution in [3.63, 3.8) is 0 Å². The number of aromatic nitrogens is 3. The number of aromatic amines is 1. The number of hydrogen-bond donors (Lipinski definition) is 1. The summed E-state index contributed by atoms with van der Waals surface area (Å²) >= 11 is 0. The SMILES string of the molecule is COc1ccc(-c2nc(Cc3c[nH]c4ccccc34)no2)cc1. The lowest BCUT2D eigenvalue weighted by atomic mass is 10.1. The van der Waals surface area contributed by atoms with E-state index in [-0.39, 0.29) is 0 Å². The second-order valence-electron chi connectivity index (χ2n) is 5.28. The molecule has 0 saturated heterocycles. The molecule has 4 rings (SSSR count). The van der Waals surface area contributed by atoms with Crippen molar-refractivity contribution in [1.82, 2.24) is 15.1 Å². The van der Waals surface area contributed by atoms with Crippen LogP contribution in [-0.4, -0.2) is 22.2 Å². The number of methoxy groups -OCH3 is 1. The van der Waals surface area contributed by atoms with E-state index in [1.54, 1.807) is 7.11 Å². The molecule has 2 heterocycles. The van der Waals surface area contributed by atoms with Crippen LogP contribution in [-0.2, 0) is 6.42 Å². The Hall–Kier alpha value is -3.08. The lowest BCUT2D eigenvalue weighted by Crippen LogP contribution is -1.89. The molecule has 2 aromatic heterocycles. The fourth-order valence-electron chi connectivity index (χ4n) is 2.62. The summed E-state index contributed by atoms with van der Waals surface area (Å²) in [6.07, 6.45) is 2.62. The third-order valence-corrected chi connectivity index (χ3v) is 3.83. The molecular formula is C18H15N3O2. The Labute approximate surface area is 132 Å². The van der Waals surface area contributed by atoms with Crippen molar-refractivity contribution in [3.8, 4) is 17.2 Å². The van der Waals surface area contributed by atoms with Crippen LogP contribution in [0.4, 0.5) is 0 Å². The van der Waals surface area contributed by atoms with Crippen molar-refractivity contribution in [2.24, 2.45) is 0 Å². The van der Waals surface area contributed by atoms with Crippen LogP contribution in [0.2, 0.25) is 0 Å². The highest BCUT2D eigenvalue weighted by atomic mass is 16.5. The van der Waals surface area contributed by atoms with Crippen molar-refractivity contribution < 1.29 is 9.26 Å². The minimum absolute atomic E-state index is 0.516. The standard InChI is InChI=1S/C18H15N3O2/c1-22-14-8-6-12(7-9-14)18-20-17(21-23-18)10-13-11-19-16-5-3-2-4-15(13)16/h2-9,11,19H,10H2,1H3. The first-order valence-corrected chi connectivity index (χ1v) is 7.35. The van der Waals surface area contributed by atoms with Crippen molar-refractivity contribution in [1.29, 1.82) is 0 Å². The summed E-state index contributed by atoms with van der Waals surface area (Å²) in [6, 6.07) is 15.7. The van der Waals surface area contributed by atoms with Gasteiger partial charge in [-0.3, -0.25) is 0 Å². The average molecular weight is 305 g/mol. The number of hydrogen-bond acceptors (Lipinski definition) is 4. The van der Waals surface area contributed by atoms with E-state index >= 15 is 0 Å². The fraction of sp³-hybridized carbons (Fsp3) is 0.111. The van der Waals surface area contributed by atoms with E-state index in [0.717, 1.165) is 22.4 Å². The average Bonchev–Trinajstić information content (AvgIpc) is 3.23. The Balaban J connectivity index is 1.60. The fourth-order valence-corrected chi connectivity index (χ4v) is 2.62. The van der Waals surface area contributed by atoms with Crippen LogP contribution in [0.3, 0.4) is 0 Å². The normalized spacial score (nSPS) is 11.0. The topological polar surface area (TPSA) is 63.9 Å². The Morgan fingerprint density at radius 2 is 1.91 bits per heavy atom. The van der Waals surface area contributed by atoms with Gasteiger partial charge in [0.2, 0.25) is 0 Å². The number of ether oxygens (including phenoxy) is 1. The van der Waals surface area contributed by atoms with Gasteiger partial charge in [0.05, 0.1) is 7.11 Å². The molecule has 5 nitrogen and oxygen atoms in total. The molecule has 0 aliphatic heterocycles. The van der Waals surface area contributed by atoms with Gasteiger partial charge < -0.3 is 14.2 Å². The molecule has 4 aromatic rings. The minimum Gasteiger partial charge on any atom is -0.497 e. The van der Waals surface area contributed by atoms with Crippen LogP contribution in [0, 0.1) is 0 Å². The van der Waals surface area contributed by atoms with Gasteiger partial charge in [0.25, 0.3) is 5.89 Å². The van der Waals surface area contributed by atoms with Gasteiger partial charge in [0.15, 0.2) is 5.82 Å². The van der Waals surface area contributed by atoms with E-state index in [0.29, 0.717) is 18.1 Å². The third-order valence-electron chi connectivity index (χ3n) is 3.83. The lowest BCUT2D eigenvalue weighted by Gasteiger charge is -1.98. The molecule has 0 radical (unpaired) electrons. The Morgan fingerprint density at radius 3 is 2.74 bits per heavy atom. The minimum atomic E-state index is 0.516. The molecule has 114 valence electrons. The highest BCUT2D eigenvalue weighted by Crippen LogP contribution is 2.23. The van der Waals surface area contributed by atoms with Crippen LogP contribution >= 0.6 is 0 Å². The van der Waals surface area contributed by atoms with Crippen LogP contribution in [0.5, 0.6) is 5.75 Å². The first-order valence-electron chi connectivity index (χ1n) is 7.35. The van der Waals surface area contributed by atoms with E-state index in [1.165, 1.54) is 5.39 Å². The summed E-state index contributed by atoms with van der Waals surface area (Å²) in [5, 5.41) is 5.27. The van der Waals surface area contributed by atoms with Crippen molar-refractivity contribution in [3.05, 3.63) is 66.1 Å². The molecule has 0 spiro atoms. The number of nitrogens with zero attached hydrogens (tertiary/aromatic N) is 2. The smallest absolute Gasteiger partial charge is 0.257 e. The van der Waals surface area contributed by atoms with E-state index in [1.807, 2.05) is 42.6 Å². The Bertz CT molecular complexity index is 938. The van der Waals surface area contributed by atoms with E-state index in [2.05, 4.69) is 27.3 Å². The molecule has 0 aliphatic carbocycles. The molecule has 5 heteroatoms. The maximum atomic E-state index is 5.37. The van der Waals surface area contributed by atoms with Gasteiger partial charge in [0.1, 0.15) is 5.75 Å². The molecule has 0 fully saturated rings. The number of para-hydroxylation sites is 1. The summed E-state index contributed by atoms with van der Waals surface area (Å²) in [5.41, 5.74) is 3.15. The maximum absolute atomic E-state index is 5.37. The highest BCUT2D eigenvalue weighted by molar-refractivity contribution is 5.83. The van der Waals surface area contributed by atoms with Crippen LogP contribution < -0.4 is 4.74 Å². The van der Waals surface area contributed by atoms with E-state index in [4.69, 9.17) is 9.26 Å². The molecular weight excluding hydrogens is 290 g/mol. The quantitative estimate of drug-likeness (QED) is 0.622. The zero-order chi connectivity index (χ0) is 15.6. The van der Waals surface area contributed by atoms with Crippen molar-refractivity contribution in [2.75, 3.05) is 7.11 Å². The van der Waals surface area contributed by atoms with E-state index in [9.17, 15) is 0 Å². The molecule has 0 saturated carbocycles. The van der Waals surface area contributed by atoms with Crippen molar-refractivity contribution in [2.45, 2.75) is 6.42 Å². The van der Waals surface area contributed by atoms with Gasteiger partial charge in [-0.1, -0.05) is 23.4 Å². The number of benzene rings is 2. The summed E-state index contributed by atoms with van der Waals surface area (Å²) < 4.78 is 10.5. The van der Waals surface area contributed by atoms with E-state index < -0.39 is 0 Å². The Morgan fingerprint density at radius 1 is 1.09 bits per heavy atom. The highest BCUT2D eigenvalue weighted by Gasteiger charge is 2.11. The molecule has 2 aromatic carbocycles. The first-order chi connectivity index (χ1) is 11.3. The van der Waals surface area contributed by atoms with Gasteiger partial charge in [0, 0.05) is 29.1 Å². The largest absolute Gasteiger partial charge is 0.497 e. The monoisotopic (exact) mass is 305 g/mol. The summed E-state index contributed by atoms with van der Waals surface area (Å²) in [4.78, 5) is 7.74. The molecule has 0 unspecified atom stereocenters. The van der Waals surface area contributed by atoms with Gasteiger partial charge in [-0.15, -0.1) is 0 Å². The Kier molecular flexibility index (Phi) is 3.31. The van der Waals surface area contributed by atoms with Crippen LogP contribution in [0.15, 0.2) is 59.3 Å². The molecule has 23 heavy (non-hydrogen) atoms. The zero-order valence-corrected chi connectivity index (χ0v) is 12.6. The molecule has 0 bridgehead atoms. The predicted molar refractivity (Wildman–Crippen MR) is 87.4 cm³/mol. The van der Waals surface area contributed by atoms with Gasteiger partial charge >= 0.3 is 0 Å². The third kappa shape index (κ3) is 2.57. The van der Waals surface area contributed by atoms with Crippen LogP contribution in [0.1, 0.15) is 11.4 Å². The molecule has 0 aliphatic rings. The predicted octanol–water partition coefficient (Wildman–Crippen LogP) is 3.82. The summed E-state index contributed by atoms with van der Waals surface area (Å²) in [7, 11) is 1.64. The number of nitrogens with one attached hydrogen (secondary N) is 1. The molecule has 0 atom stereocenters. The molecule has 1 N–H and O–H groups in total.